The molecule has 0 saturated carbocycles. The van der Waals surface area contributed by atoms with Gasteiger partial charge in [0.1, 0.15) is 5.75 Å². The minimum absolute atomic E-state index is 0. The topological polar surface area (TPSA) is 182 Å². The van der Waals surface area contributed by atoms with E-state index in [1.165, 1.54) is 25.1 Å². The maximum Gasteiger partial charge on any atom is 2.00 e. The van der Waals surface area contributed by atoms with Crippen LogP contribution in [0, 0.1) is 6.92 Å². The van der Waals surface area contributed by atoms with E-state index < -0.39 is 15.0 Å². The van der Waals surface area contributed by atoms with Gasteiger partial charge in [-0.05, 0) is 24.2 Å². The summed E-state index contributed by atoms with van der Waals surface area (Å²) in [6, 6.07) is 14.8. The van der Waals surface area contributed by atoms with Crippen LogP contribution in [-0.2, 0) is 41.4 Å². The molecule has 15 heteroatoms. The Morgan fingerprint density at radius 2 is 1.83 bits per heavy atom. The van der Waals surface area contributed by atoms with Crippen LogP contribution in [0.5, 0.6) is 5.75 Å². The van der Waals surface area contributed by atoms with Crippen molar-refractivity contribution in [3.05, 3.63) is 82.8 Å². The van der Waals surface area contributed by atoms with E-state index in [2.05, 4.69) is 30.1 Å². The minimum atomic E-state index is -4.55. The number of nitrogens with zero attached hydrogens (tertiary/aromatic N) is 4. The summed E-state index contributed by atoms with van der Waals surface area (Å²) in [5.41, 5.74) is 4.42. The summed E-state index contributed by atoms with van der Waals surface area (Å²) in [7, 11) is -4.55. The molecule has 0 aliphatic carbocycles. The Kier molecular flexibility index (Phi) is 10.7. The van der Waals surface area contributed by atoms with Gasteiger partial charge in [-0.25, -0.2) is 10.4 Å². The van der Waals surface area contributed by atoms with Crippen molar-refractivity contribution in [3.8, 4) is 5.75 Å². The summed E-state index contributed by atoms with van der Waals surface area (Å²) in [6.45, 7) is 1.43. The normalized spacial score (nSPS) is 11.8. The van der Waals surface area contributed by atoms with Crippen LogP contribution >= 0.6 is 12.0 Å². The number of aromatic hydroxyl groups is 1. The van der Waals surface area contributed by atoms with E-state index in [0.29, 0.717) is 22.5 Å². The van der Waals surface area contributed by atoms with Crippen molar-refractivity contribution < 1.29 is 54.6 Å². The molecule has 3 rings (SSSR count). The third kappa shape index (κ3) is 7.68. The molecule has 0 fully saturated rings. The molecule has 0 aliphatic heterocycles. The summed E-state index contributed by atoms with van der Waals surface area (Å²) in [5.74, 6) is -0.399. The van der Waals surface area contributed by atoms with Crippen molar-refractivity contribution >= 4 is 45.7 Å². The molecule has 0 unspecified atom stereocenters. The van der Waals surface area contributed by atoms with Gasteiger partial charge in [-0.15, -0.1) is 21.1 Å². The second-order valence-corrected chi connectivity index (χ2v) is 8.88. The third-order valence-corrected chi connectivity index (χ3v) is 5.74. The van der Waals surface area contributed by atoms with Gasteiger partial charge >= 0.3 is 17.1 Å². The molecule has 0 spiro atoms. The maximum atomic E-state index is 11.5. The Morgan fingerprint density at radius 3 is 2.47 bits per heavy atom. The molecule has 3 N–H and O–H groups in total. The van der Waals surface area contributed by atoms with Crippen LogP contribution in [0.25, 0.3) is 5.43 Å². The van der Waals surface area contributed by atoms with E-state index >= 15 is 0 Å². The summed E-state index contributed by atoms with van der Waals surface area (Å²) in [5, 5.41) is 34.2. The van der Waals surface area contributed by atoms with Crippen LogP contribution in [0.3, 0.4) is 0 Å². The minimum Gasteiger partial charge on any atom is -0.571 e. The van der Waals surface area contributed by atoms with Gasteiger partial charge < -0.3 is 20.4 Å². The molecule has 3 aromatic carbocycles. The molecular formula is C21H16CuN4O8S2. The number of hydrogen-bond donors (Lipinski definition) is 3. The number of rotatable bonds is 9. The summed E-state index contributed by atoms with van der Waals surface area (Å²) >= 11 is 0.648. The molecular weight excluding hydrogens is 564 g/mol. The van der Waals surface area contributed by atoms with Crippen LogP contribution in [0.4, 0.5) is 11.4 Å². The quantitative estimate of drug-likeness (QED) is 0.0362. The van der Waals surface area contributed by atoms with Crippen LogP contribution in [0.15, 0.2) is 85.8 Å². The molecule has 0 saturated heterocycles. The molecule has 0 heterocycles. The van der Waals surface area contributed by atoms with Crippen LogP contribution in [-0.4, -0.2) is 35.5 Å². The zero-order valence-electron chi connectivity index (χ0n) is 18.1. The molecule has 0 atom stereocenters. The van der Waals surface area contributed by atoms with Crippen LogP contribution < -0.4 is 0 Å². The molecule has 0 amide bonds. The number of azo groups is 1. The standard InChI is InChI=1S/C21H16N4O8S2.Cu/c1-13-9-17(35(29,30)31)11-19(20(13)27)23-25-21(14-5-3-2-4-6-14)24-22-18-10-16(34-33-32-28)8-7-15(18)12-26;/h2-11H,1H3,(H3-,22,23,24,25,26,27,28,29,30,31);/q-2;+2. The SMILES string of the molecule is Cc1cc(S(=O)(=O)O)cc([N-]N=C(N=Nc2cc(SOOO)ccc2[C-]=O)c2ccccc2)c1O.[Cu+2]. The first kappa shape index (κ1) is 29.1. The molecule has 3 aromatic rings. The molecule has 191 valence electrons. The van der Waals surface area contributed by atoms with E-state index in [4.69, 9.17) is 5.26 Å². The molecule has 12 nitrogen and oxygen atoms in total. The molecule has 0 bridgehead atoms. The fraction of sp³-hybridized carbons (Fsp3) is 0.0476. The van der Waals surface area contributed by atoms with Gasteiger partial charge in [0.25, 0.3) is 10.1 Å². The van der Waals surface area contributed by atoms with E-state index in [1.54, 1.807) is 36.6 Å². The average Bonchev–Trinajstić information content (AvgIpc) is 2.85. The zero-order chi connectivity index (χ0) is 25.4. The van der Waals surface area contributed by atoms with Crippen molar-refractivity contribution in [2.24, 2.45) is 15.3 Å². The fourth-order valence-corrected chi connectivity index (χ4v) is 3.64. The Bertz CT molecular complexity index is 1390. The van der Waals surface area contributed by atoms with Crippen molar-refractivity contribution in [2.75, 3.05) is 0 Å². The predicted molar refractivity (Wildman–Crippen MR) is 125 cm³/mol. The predicted octanol–water partition coefficient (Wildman–Crippen LogP) is 4.98. The van der Waals surface area contributed by atoms with Gasteiger partial charge in [-0.1, -0.05) is 53.2 Å². The molecule has 36 heavy (non-hydrogen) atoms. The van der Waals surface area contributed by atoms with E-state index in [1.807, 2.05) is 0 Å². The largest absolute Gasteiger partial charge is 2.00 e. The first-order valence-corrected chi connectivity index (χ1v) is 11.6. The van der Waals surface area contributed by atoms with E-state index in [0.717, 1.165) is 12.1 Å². The molecule has 0 aliphatic rings. The van der Waals surface area contributed by atoms with Crippen LogP contribution in [0.2, 0.25) is 0 Å². The van der Waals surface area contributed by atoms with E-state index in [9.17, 15) is 22.9 Å². The van der Waals surface area contributed by atoms with Gasteiger partial charge in [0.15, 0.2) is 5.84 Å². The van der Waals surface area contributed by atoms with Crippen molar-refractivity contribution in [1.29, 1.82) is 0 Å². The Hall–Kier alpha value is -3.14. The first-order valence-electron chi connectivity index (χ1n) is 9.47. The van der Waals surface area contributed by atoms with Crippen molar-refractivity contribution in [1.82, 2.24) is 0 Å². The number of phenolic OH excluding ortho intramolecular Hbond substituents is 1. The number of phenols is 1. The summed E-state index contributed by atoms with van der Waals surface area (Å²) < 4.78 is 36.7. The number of hydrogen-bond acceptors (Lipinski definition) is 10. The smallest absolute Gasteiger partial charge is 0.571 e. The van der Waals surface area contributed by atoms with Crippen molar-refractivity contribution in [3.63, 3.8) is 0 Å². The average molecular weight is 580 g/mol. The van der Waals surface area contributed by atoms with Crippen LogP contribution in [0.1, 0.15) is 16.7 Å². The maximum absolute atomic E-state index is 11.5. The fourth-order valence-electron chi connectivity index (χ4n) is 2.67. The Balaban J connectivity index is 0.00000456. The van der Waals surface area contributed by atoms with Crippen molar-refractivity contribution in [2.45, 2.75) is 16.7 Å². The second kappa shape index (κ2) is 13.2. The number of carbonyl (C=O) groups excluding carboxylic acids is 1. The summed E-state index contributed by atoms with van der Waals surface area (Å²) in [6.07, 6.45) is 1.72. The third-order valence-electron chi connectivity index (χ3n) is 4.33. The van der Waals surface area contributed by atoms with Gasteiger partial charge in [0.05, 0.1) is 23.2 Å². The Labute approximate surface area is 220 Å². The number of aryl methyl sites for hydroxylation is 1. The van der Waals surface area contributed by atoms with Gasteiger partial charge in [-0.2, -0.15) is 14.5 Å². The van der Waals surface area contributed by atoms with Gasteiger partial charge in [0, 0.05) is 10.5 Å². The van der Waals surface area contributed by atoms with Gasteiger partial charge in [0.2, 0.25) is 0 Å². The van der Waals surface area contributed by atoms with Gasteiger partial charge in [-0.3, -0.25) is 4.55 Å². The number of benzene rings is 3. The molecule has 1 radical (unpaired) electrons. The first-order chi connectivity index (χ1) is 16.7. The summed E-state index contributed by atoms with van der Waals surface area (Å²) in [4.78, 5) is 11.2. The second-order valence-electron chi connectivity index (χ2n) is 6.68. The van der Waals surface area contributed by atoms with E-state index in [-0.39, 0.29) is 51.2 Å². The zero-order valence-corrected chi connectivity index (χ0v) is 20.6. The number of amidine groups is 1. The molecule has 0 aromatic heterocycles. The monoisotopic (exact) mass is 579 g/mol. The Morgan fingerprint density at radius 1 is 1.11 bits per heavy atom.